The second-order valence-electron chi connectivity index (χ2n) is 9.04. The molecule has 4 unspecified atom stereocenters. The van der Waals surface area contributed by atoms with Crippen molar-refractivity contribution < 1.29 is 14.7 Å². The predicted octanol–water partition coefficient (Wildman–Crippen LogP) is 0.442. The standard InChI is InChI=1S/C20H34N4O3/c1-13-11-23(20(27)15-3-4-15)19-9-16(5-6-18(19)24(13)14(2)26)17-10-21-22(12-17)7-8-25/h13,15-19,21,25H,3-12H2,1-2H3/t13-,16?,17?,18?,19?/m0/s1. The van der Waals surface area contributed by atoms with Crippen LogP contribution < -0.4 is 5.43 Å². The molecule has 4 aliphatic rings. The lowest BCUT2D eigenvalue weighted by molar-refractivity contribution is -0.155. The van der Waals surface area contributed by atoms with E-state index in [-0.39, 0.29) is 36.6 Å². The first-order chi connectivity index (χ1) is 13.0. The van der Waals surface area contributed by atoms with E-state index in [4.69, 9.17) is 0 Å². The molecule has 0 bridgehead atoms. The SMILES string of the molecule is CC(=O)N1C2CCC(C3CNN(CCO)C3)CC2N(C(=O)C2CC2)C[C@@H]1C. The lowest BCUT2D eigenvalue weighted by Crippen LogP contribution is -2.67. The molecule has 4 rings (SSSR count). The maximum Gasteiger partial charge on any atom is 0.226 e. The molecule has 0 spiro atoms. The first kappa shape index (κ1) is 19.2. The molecule has 2 N–H and O–H groups in total. The summed E-state index contributed by atoms with van der Waals surface area (Å²) in [5.41, 5.74) is 3.40. The summed E-state index contributed by atoms with van der Waals surface area (Å²) < 4.78 is 0. The second kappa shape index (κ2) is 7.68. The lowest BCUT2D eigenvalue weighted by Gasteiger charge is -2.54. The Morgan fingerprint density at radius 1 is 1.07 bits per heavy atom. The van der Waals surface area contributed by atoms with E-state index in [1.807, 2.05) is 0 Å². The van der Waals surface area contributed by atoms with Crippen LogP contribution in [0.5, 0.6) is 0 Å². The number of nitrogens with zero attached hydrogens (tertiary/aromatic N) is 3. The molecule has 2 saturated heterocycles. The molecule has 2 aliphatic heterocycles. The van der Waals surface area contributed by atoms with Gasteiger partial charge in [-0.2, -0.15) is 0 Å². The number of hydrogen-bond acceptors (Lipinski definition) is 5. The van der Waals surface area contributed by atoms with Crippen molar-refractivity contribution in [2.45, 2.75) is 64.1 Å². The fourth-order valence-corrected chi connectivity index (χ4v) is 5.71. The van der Waals surface area contributed by atoms with E-state index >= 15 is 0 Å². The number of piperazine rings is 1. The molecular weight excluding hydrogens is 344 g/mol. The van der Waals surface area contributed by atoms with Gasteiger partial charge in [0, 0.05) is 45.1 Å². The molecule has 2 saturated carbocycles. The Kier molecular flexibility index (Phi) is 5.45. The number of hydrogen-bond donors (Lipinski definition) is 2. The van der Waals surface area contributed by atoms with Crippen molar-refractivity contribution in [3.05, 3.63) is 0 Å². The molecule has 4 fully saturated rings. The summed E-state index contributed by atoms with van der Waals surface area (Å²) >= 11 is 0. The van der Waals surface area contributed by atoms with E-state index < -0.39 is 0 Å². The Morgan fingerprint density at radius 2 is 1.85 bits per heavy atom. The normalized spacial score (nSPS) is 37.4. The second-order valence-corrected chi connectivity index (χ2v) is 9.04. The number of hydrazine groups is 1. The van der Waals surface area contributed by atoms with E-state index in [2.05, 4.69) is 27.2 Å². The van der Waals surface area contributed by atoms with Crippen LogP contribution in [-0.4, -0.2) is 82.6 Å². The van der Waals surface area contributed by atoms with Crippen LogP contribution in [0.4, 0.5) is 0 Å². The van der Waals surface area contributed by atoms with Crippen molar-refractivity contribution in [1.29, 1.82) is 0 Å². The summed E-state index contributed by atoms with van der Waals surface area (Å²) in [7, 11) is 0. The zero-order chi connectivity index (χ0) is 19.1. The topological polar surface area (TPSA) is 76.1 Å². The third kappa shape index (κ3) is 3.74. The Bertz CT molecular complexity index is 582. The monoisotopic (exact) mass is 378 g/mol. The van der Waals surface area contributed by atoms with Gasteiger partial charge in [-0.25, -0.2) is 5.01 Å². The quantitative estimate of drug-likeness (QED) is 0.743. The Morgan fingerprint density at radius 3 is 2.52 bits per heavy atom. The molecule has 0 aromatic carbocycles. The third-order valence-electron chi connectivity index (χ3n) is 7.16. The van der Waals surface area contributed by atoms with Crippen LogP contribution in [0.3, 0.4) is 0 Å². The van der Waals surface area contributed by atoms with Gasteiger partial charge < -0.3 is 14.9 Å². The summed E-state index contributed by atoms with van der Waals surface area (Å²) in [6.07, 6.45) is 5.17. The van der Waals surface area contributed by atoms with Crippen LogP contribution in [0.25, 0.3) is 0 Å². The molecule has 5 atom stereocenters. The van der Waals surface area contributed by atoms with Gasteiger partial charge in [-0.1, -0.05) is 0 Å². The number of β-amino-alcohol motifs (C(OH)–C–C–N with tert-alkyl or cyclic N) is 1. The minimum atomic E-state index is 0.108. The average molecular weight is 379 g/mol. The first-order valence-electron chi connectivity index (χ1n) is 10.7. The number of aliphatic hydroxyl groups excluding tert-OH is 1. The van der Waals surface area contributed by atoms with Crippen LogP contribution in [0, 0.1) is 17.8 Å². The highest BCUT2D eigenvalue weighted by Gasteiger charge is 2.49. The fourth-order valence-electron chi connectivity index (χ4n) is 5.71. The molecule has 152 valence electrons. The van der Waals surface area contributed by atoms with Crippen LogP contribution in [0.15, 0.2) is 0 Å². The molecule has 2 heterocycles. The zero-order valence-electron chi connectivity index (χ0n) is 16.6. The first-order valence-corrected chi connectivity index (χ1v) is 10.7. The van der Waals surface area contributed by atoms with Crippen molar-refractivity contribution in [2.24, 2.45) is 17.8 Å². The summed E-state index contributed by atoms with van der Waals surface area (Å²) in [6.45, 7) is 7.19. The van der Waals surface area contributed by atoms with Crippen LogP contribution in [0.2, 0.25) is 0 Å². The highest BCUT2D eigenvalue weighted by molar-refractivity contribution is 5.82. The van der Waals surface area contributed by atoms with E-state index in [0.717, 1.165) is 45.2 Å². The highest BCUT2D eigenvalue weighted by Crippen LogP contribution is 2.41. The molecule has 2 amide bonds. The molecule has 7 heteroatoms. The van der Waals surface area contributed by atoms with Gasteiger partial charge >= 0.3 is 0 Å². The number of carbonyl (C=O) groups excluding carboxylic acids is 2. The summed E-state index contributed by atoms with van der Waals surface area (Å²) in [4.78, 5) is 29.5. The molecular formula is C20H34N4O3. The van der Waals surface area contributed by atoms with Crippen LogP contribution >= 0.6 is 0 Å². The smallest absolute Gasteiger partial charge is 0.226 e. The van der Waals surface area contributed by atoms with Crippen molar-refractivity contribution in [3.63, 3.8) is 0 Å². The minimum absolute atomic E-state index is 0.108. The molecule has 0 aromatic heterocycles. The number of aliphatic hydroxyl groups is 1. The molecule has 7 nitrogen and oxygen atoms in total. The van der Waals surface area contributed by atoms with Gasteiger partial charge in [-0.15, -0.1) is 0 Å². The van der Waals surface area contributed by atoms with Crippen LogP contribution in [-0.2, 0) is 9.59 Å². The Hall–Kier alpha value is -1.18. The molecule has 27 heavy (non-hydrogen) atoms. The van der Waals surface area contributed by atoms with E-state index in [0.29, 0.717) is 30.8 Å². The lowest BCUT2D eigenvalue weighted by atomic mass is 9.73. The number of fused-ring (bicyclic) bond motifs is 1. The predicted molar refractivity (Wildman–Crippen MR) is 101 cm³/mol. The van der Waals surface area contributed by atoms with Crippen molar-refractivity contribution in [3.8, 4) is 0 Å². The number of carbonyl (C=O) groups is 2. The summed E-state index contributed by atoms with van der Waals surface area (Å²) in [6, 6.07) is 0.452. The average Bonchev–Trinajstić information content (AvgIpc) is 3.39. The molecule has 0 aromatic rings. The van der Waals surface area contributed by atoms with Gasteiger partial charge in [0.1, 0.15) is 0 Å². The van der Waals surface area contributed by atoms with Gasteiger partial charge in [0.2, 0.25) is 11.8 Å². The summed E-state index contributed by atoms with van der Waals surface area (Å²) in [5.74, 6) is 1.83. The number of rotatable bonds is 4. The van der Waals surface area contributed by atoms with Gasteiger partial charge in [0.05, 0.1) is 18.7 Å². The summed E-state index contributed by atoms with van der Waals surface area (Å²) in [5, 5.41) is 11.3. The van der Waals surface area contributed by atoms with E-state index in [9.17, 15) is 14.7 Å². The molecule has 0 radical (unpaired) electrons. The van der Waals surface area contributed by atoms with E-state index in [1.54, 1.807) is 6.92 Å². The fraction of sp³-hybridized carbons (Fsp3) is 0.900. The van der Waals surface area contributed by atoms with E-state index in [1.165, 1.54) is 0 Å². The Labute approximate surface area is 162 Å². The van der Waals surface area contributed by atoms with Gasteiger partial charge in [0.25, 0.3) is 0 Å². The third-order valence-corrected chi connectivity index (χ3v) is 7.16. The minimum Gasteiger partial charge on any atom is -0.395 e. The van der Waals surface area contributed by atoms with Crippen molar-refractivity contribution in [2.75, 3.05) is 32.8 Å². The zero-order valence-corrected chi connectivity index (χ0v) is 16.6. The number of amides is 2. The maximum atomic E-state index is 13.0. The van der Waals surface area contributed by atoms with Crippen LogP contribution in [0.1, 0.15) is 46.0 Å². The molecule has 2 aliphatic carbocycles. The van der Waals surface area contributed by atoms with Crippen molar-refractivity contribution in [1.82, 2.24) is 20.2 Å². The van der Waals surface area contributed by atoms with Crippen molar-refractivity contribution >= 4 is 11.8 Å². The largest absolute Gasteiger partial charge is 0.395 e. The van der Waals surface area contributed by atoms with Gasteiger partial charge in [-0.3, -0.25) is 15.0 Å². The maximum absolute atomic E-state index is 13.0. The Balaban J connectivity index is 1.50. The number of nitrogens with one attached hydrogen (secondary N) is 1. The van der Waals surface area contributed by atoms with Gasteiger partial charge in [0.15, 0.2) is 0 Å². The highest BCUT2D eigenvalue weighted by atomic mass is 16.3. The van der Waals surface area contributed by atoms with Gasteiger partial charge in [-0.05, 0) is 50.9 Å².